The summed E-state index contributed by atoms with van der Waals surface area (Å²) >= 11 is 0. The molecule has 0 bridgehead atoms. The summed E-state index contributed by atoms with van der Waals surface area (Å²) in [5.41, 5.74) is 2.04. The molecule has 0 aromatic carbocycles. The molecule has 6 heteroatoms. The van der Waals surface area contributed by atoms with Gasteiger partial charge in [-0.1, -0.05) is 32.4 Å². The van der Waals surface area contributed by atoms with Gasteiger partial charge in [-0.2, -0.15) is 0 Å². The minimum atomic E-state index is -0.742. The number of hydrogen-bond donors (Lipinski definition) is 3. The number of allylic oxidation sites excluding steroid dienone is 2. The van der Waals surface area contributed by atoms with Gasteiger partial charge >= 0.3 is 0 Å². The average Bonchev–Trinajstić information content (AvgIpc) is 3.30. The molecule has 1 spiro atoms. The molecule has 1 heterocycles. The van der Waals surface area contributed by atoms with Crippen LogP contribution in [0.2, 0.25) is 0 Å². The van der Waals surface area contributed by atoms with E-state index in [-0.39, 0.29) is 29.3 Å². The summed E-state index contributed by atoms with van der Waals surface area (Å²) in [4.78, 5) is 11.2. The second kappa shape index (κ2) is 7.14. The Kier molecular flexibility index (Phi) is 4.98. The monoisotopic (exact) mass is 431 g/mol. The van der Waals surface area contributed by atoms with E-state index >= 15 is 0 Å². The van der Waals surface area contributed by atoms with Crippen molar-refractivity contribution < 1.29 is 24.5 Å². The highest BCUT2D eigenvalue weighted by Gasteiger charge is 2.66. The highest BCUT2D eigenvalue weighted by molar-refractivity contribution is 5.52. The topological polar surface area (TPSA) is 88.0 Å². The zero-order valence-corrected chi connectivity index (χ0v) is 19.1. The van der Waals surface area contributed by atoms with Gasteiger partial charge in [-0.05, 0) is 60.8 Å². The molecular formula is C25H37NO5. The molecule has 3 saturated carbocycles. The van der Waals surface area contributed by atoms with Gasteiger partial charge < -0.3 is 25.0 Å². The summed E-state index contributed by atoms with van der Waals surface area (Å²) < 4.78 is 12.0. The zero-order valence-electron chi connectivity index (χ0n) is 19.1. The summed E-state index contributed by atoms with van der Waals surface area (Å²) in [5.74, 6) is 0.304. The molecule has 6 nitrogen and oxygen atoms in total. The van der Waals surface area contributed by atoms with Crippen molar-refractivity contribution in [1.29, 1.82) is 0 Å². The van der Waals surface area contributed by atoms with E-state index in [4.69, 9.17) is 9.47 Å². The van der Waals surface area contributed by atoms with Crippen molar-refractivity contribution >= 4 is 6.41 Å². The van der Waals surface area contributed by atoms with E-state index in [2.05, 4.69) is 32.2 Å². The second-order valence-electron chi connectivity index (χ2n) is 11.1. The first-order valence-electron chi connectivity index (χ1n) is 12.0. The summed E-state index contributed by atoms with van der Waals surface area (Å²) in [6.07, 6.45) is 8.98. The van der Waals surface area contributed by atoms with Crippen molar-refractivity contribution in [3.05, 3.63) is 22.9 Å². The minimum Gasteiger partial charge on any atom is -0.390 e. The van der Waals surface area contributed by atoms with Crippen molar-refractivity contribution in [1.82, 2.24) is 5.32 Å². The first-order valence-corrected chi connectivity index (χ1v) is 12.0. The molecular weight excluding hydrogens is 394 g/mol. The van der Waals surface area contributed by atoms with Crippen LogP contribution >= 0.6 is 0 Å². The first-order chi connectivity index (χ1) is 14.7. The summed E-state index contributed by atoms with van der Waals surface area (Å²) in [6.45, 7) is 7.91. The number of carbonyl (C=O) groups is 1. The molecule has 0 aromatic heterocycles. The van der Waals surface area contributed by atoms with Crippen LogP contribution in [0.4, 0.5) is 0 Å². The van der Waals surface area contributed by atoms with Crippen LogP contribution in [0, 0.1) is 28.6 Å². The standard InChI is InChI=1S/C25H37NO5/c1-16-12-19-18-5-4-17-13-24(30-10-11-31-24)8-7-23(17,3)25(18,29)9-6-22(19,2)21(16)20(14-27)26-15-28/h4,15-16,18-19,27,29H,5-14H2,1-3H3,(H,26,28)/b21-20-/t16-,18-,19-,22-,23-,25+/m0/s1. The van der Waals surface area contributed by atoms with E-state index in [0.29, 0.717) is 31.2 Å². The Labute approximate surface area is 185 Å². The number of fused-ring (bicyclic) bond motifs is 5. The van der Waals surface area contributed by atoms with Crippen LogP contribution in [0.1, 0.15) is 65.7 Å². The molecule has 1 amide bonds. The number of hydrogen-bond acceptors (Lipinski definition) is 5. The fourth-order valence-electron chi connectivity index (χ4n) is 8.36. The van der Waals surface area contributed by atoms with E-state index in [1.807, 2.05) is 0 Å². The molecule has 5 rings (SSSR count). The fourth-order valence-corrected chi connectivity index (χ4v) is 8.36. The first kappa shape index (κ1) is 21.6. The lowest BCUT2D eigenvalue weighted by Gasteiger charge is -2.63. The maximum atomic E-state index is 12.4. The van der Waals surface area contributed by atoms with Crippen LogP contribution in [0.5, 0.6) is 0 Å². The molecule has 1 saturated heterocycles. The van der Waals surface area contributed by atoms with Gasteiger partial charge in [0.05, 0.1) is 25.4 Å². The van der Waals surface area contributed by atoms with Crippen LogP contribution in [-0.2, 0) is 14.3 Å². The Morgan fingerprint density at radius 2 is 1.94 bits per heavy atom. The molecule has 5 aliphatic rings. The fraction of sp³-hybridized carbons (Fsp3) is 0.800. The van der Waals surface area contributed by atoms with Gasteiger partial charge in [0.2, 0.25) is 6.41 Å². The van der Waals surface area contributed by atoms with E-state index in [9.17, 15) is 15.0 Å². The molecule has 4 aliphatic carbocycles. The second-order valence-corrected chi connectivity index (χ2v) is 11.1. The summed E-state index contributed by atoms with van der Waals surface area (Å²) in [5, 5.41) is 25.1. The Hall–Kier alpha value is -1.21. The number of rotatable bonds is 3. The normalized spacial score (nSPS) is 47.3. The molecule has 0 unspecified atom stereocenters. The highest BCUT2D eigenvalue weighted by Crippen LogP contribution is 2.69. The van der Waals surface area contributed by atoms with Crippen LogP contribution < -0.4 is 5.32 Å². The smallest absolute Gasteiger partial charge is 0.211 e. The molecule has 6 atom stereocenters. The number of ether oxygens (including phenoxy) is 2. The van der Waals surface area contributed by atoms with E-state index < -0.39 is 11.4 Å². The SMILES string of the molecule is C[C@H]1C[C@H]2[C@@H]3CC=C4CC5(CC[C@]4(C)[C@@]3(O)CC[C@]2(C)/C1=C(/CO)NC=O)OCCO5. The maximum absolute atomic E-state index is 12.4. The van der Waals surface area contributed by atoms with Gasteiger partial charge in [0, 0.05) is 24.0 Å². The number of amides is 1. The Balaban J connectivity index is 1.52. The third kappa shape index (κ3) is 2.81. The predicted molar refractivity (Wildman–Crippen MR) is 116 cm³/mol. The average molecular weight is 432 g/mol. The van der Waals surface area contributed by atoms with Gasteiger partial charge in [-0.15, -0.1) is 0 Å². The van der Waals surface area contributed by atoms with Crippen molar-refractivity contribution in [3.63, 3.8) is 0 Å². The van der Waals surface area contributed by atoms with Crippen LogP contribution in [0.25, 0.3) is 0 Å². The lowest BCUT2D eigenvalue weighted by molar-refractivity contribution is -0.218. The number of aliphatic hydroxyl groups is 2. The molecule has 3 N–H and O–H groups in total. The summed E-state index contributed by atoms with van der Waals surface area (Å²) in [6, 6.07) is 0. The quantitative estimate of drug-likeness (QED) is 0.472. The molecule has 0 radical (unpaired) electrons. The van der Waals surface area contributed by atoms with E-state index in [1.54, 1.807) is 0 Å². The molecule has 1 aliphatic heterocycles. The van der Waals surface area contributed by atoms with E-state index in [1.165, 1.54) is 11.1 Å². The van der Waals surface area contributed by atoms with Crippen LogP contribution in [0.15, 0.2) is 22.9 Å². The van der Waals surface area contributed by atoms with Gasteiger partial charge in [-0.25, -0.2) is 0 Å². The molecule has 4 fully saturated rings. The lowest BCUT2D eigenvalue weighted by Crippen LogP contribution is -2.63. The Morgan fingerprint density at radius 1 is 1.19 bits per heavy atom. The largest absolute Gasteiger partial charge is 0.390 e. The number of aliphatic hydroxyl groups excluding tert-OH is 1. The number of carbonyl (C=O) groups excluding carboxylic acids is 1. The Bertz CT molecular complexity index is 830. The van der Waals surface area contributed by atoms with Gasteiger partial charge in [0.1, 0.15) is 0 Å². The number of nitrogens with one attached hydrogen (secondary N) is 1. The van der Waals surface area contributed by atoms with Crippen molar-refractivity contribution in [3.8, 4) is 0 Å². The highest BCUT2D eigenvalue weighted by atomic mass is 16.7. The van der Waals surface area contributed by atoms with Crippen LogP contribution in [-0.4, -0.2) is 47.8 Å². The third-order valence-electron chi connectivity index (χ3n) is 9.94. The van der Waals surface area contributed by atoms with E-state index in [0.717, 1.165) is 44.9 Å². The maximum Gasteiger partial charge on any atom is 0.211 e. The van der Waals surface area contributed by atoms with Crippen LogP contribution in [0.3, 0.4) is 0 Å². The van der Waals surface area contributed by atoms with Crippen molar-refractivity contribution in [2.24, 2.45) is 28.6 Å². The third-order valence-corrected chi connectivity index (χ3v) is 9.94. The minimum absolute atomic E-state index is 0.111. The molecule has 0 aromatic rings. The summed E-state index contributed by atoms with van der Waals surface area (Å²) in [7, 11) is 0. The Morgan fingerprint density at radius 3 is 2.61 bits per heavy atom. The lowest BCUT2D eigenvalue weighted by atomic mass is 9.45. The predicted octanol–water partition coefficient (Wildman–Crippen LogP) is 3.05. The van der Waals surface area contributed by atoms with Gasteiger partial charge in [-0.3, -0.25) is 4.79 Å². The zero-order chi connectivity index (χ0) is 22.1. The molecule has 31 heavy (non-hydrogen) atoms. The van der Waals surface area contributed by atoms with Crippen molar-refractivity contribution in [2.45, 2.75) is 77.1 Å². The van der Waals surface area contributed by atoms with Gasteiger partial charge in [0.25, 0.3) is 0 Å². The van der Waals surface area contributed by atoms with Crippen molar-refractivity contribution in [2.75, 3.05) is 19.8 Å². The van der Waals surface area contributed by atoms with Gasteiger partial charge in [0.15, 0.2) is 5.79 Å². The molecule has 172 valence electrons.